The summed E-state index contributed by atoms with van der Waals surface area (Å²) in [6, 6.07) is 8.25. The van der Waals surface area contributed by atoms with Crippen molar-refractivity contribution in [1.82, 2.24) is 5.32 Å². The highest BCUT2D eigenvalue weighted by Gasteiger charge is 2.37. The van der Waals surface area contributed by atoms with Crippen molar-refractivity contribution in [3.05, 3.63) is 35.4 Å². The highest BCUT2D eigenvalue weighted by molar-refractivity contribution is 7.99. The maximum Gasteiger partial charge on any atom is 0.305 e. The largest absolute Gasteiger partial charge is 0.481 e. The molecule has 1 aliphatic carbocycles. The van der Waals surface area contributed by atoms with Crippen molar-refractivity contribution in [3.63, 3.8) is 0 Å². The van der Waals surface area contributed by atoms with Gasteiger partial charge in [-0.2, -0.15) is 0 Å². The molecule has 0 bridgehead atoms. The number of benzene rings is 1. The minimum absolute atomic E-state index is 0.0291. The molecule has 0 heterocycles. The number of carboxylic acids is 1. The van der Waals surface area contributed by atoms with Crippen LogP contribution in [0, 0.1) is 6.92 Å². The van der Waals surface area contributed by atoms with Gasteiger partial charge in [-0.1, -0.05) is 42.7 Å². The average Bonchev–Trinajstić information content (AvgIpc) is 2.86. The van der Waals surface area contributed by atoms with E-state index in [4.69, 9.17) is 5.11 Å². The van der Waals surface area contributed by atoms with Crippen LogP contribution >= 0.6 is 11.8 Å². The summed E-state index contributed by atoms with van der Waals surface area (Å²) in [5, 5.41) is 12.0. The molecule has 0 saturated heterocycles. The van der Waals surface area contributed by atoms with E-state index in [0.717, 1.165) is 31.4 Å². The van der Waals surface area contributed by atoms with E-state index in [9.17, 15) is 9.59 Å². The summed E-state index contributed by atoms with van der Waals surface area (Å²) < 4.78 is 0. The van der Waals surface area contributed by atoms with E-state index in [-0.39, 0.29) is 12.3 Å². The summed E-state index contributed by atoms with van der Waals surface area (Å²) in [5.41, 5.74) is 1.90. The molecule has 0 atom stereocenters. The van der Waals surface area contributed by atoms with E-state index < -0.39 is 11.5 Å². The Balaban J connectivity index is 1.80. The lowest BCUT2D eigenvalue weighted by Crippen LogP contribution is -2.48. The van der Waals surface area contributed by atoms with Crippen LogP contribution < -0.4 is 5.32 Å². The van der Waals surface area contributed by atoms with Gasteiger partial charge in [-0.3, -0.25) is 9.59 Å². The van der Waals surface area contributed by atoms with Crippen molar-refractivity contribution in [1.29, 1.82) is 0 Å². The molecule has 0 aliphatic heterocycles. The Morgan fingerprint density at radius 1 is 1.32 bits per heavy atom. The van der Waals surface area contributed by atoms with E-state index in [1.807, 2.05) is 6.07 Å². The molecule has 1 saturated carbocycles. The Morgan fingerprint density at radius 3 is 2.68 bits per heavy atom. The first-order valence-electron chi connectivity index (χ1n) is 7.65. The van der Waals surface area contributed by atoms with Crippen LogP contribution in [0.25, 0.3) is 0 Å². The lowest BCUT2D eigenvalue weighted by molar-refractivity contribution is -0.139. The number of carbonyl (C=O) groups excluding carboxylic acids is 1. The van der Waals surface area contributed by atoms with Crippen LogP contribution in [0.3, 0.4) is 0 Å². The van der Waals surface area contributed by atoms with E-state index in [1.54, 1.807) is 11.8 Å². The van der Waals surface area contributed by atoms with Crippen LogP contribution in [-0.4, -0.2) is 28.3 Å². The normalized spacial score (nSPS) is 16.4. The molecule has 4 nitrogen and oxygen atoms in total. The smallest absolute Gasteiger partial charge is 0.305 e. The maximum absolute atomic E-state index is 12.1. The second kappa shape index (κ2) is 7.68. The first-order chi connectivity index (χ1) is 10.5. The van der Waals surface area contributed by atoms with E-state index in [0.29, 0.717) is 5.75 Å². The minimum atomic E-state index is -0.838. The van der Waals surface area contributed by atoms with Gasteiger partial charge >= 0.3 is 5.97 Å². The monoisotopic (exact) mass is 321 g/mol. The van der Waals surface area contributed by atoms with Crippen molar-refractivity contribution in [3.8, 4) is 0 Å². The molecule has 1 aromatic carbocycles. The third-order valence-corrected chi connectivity index (χ3v) is 5.04. The minimum Gasteiger partial charge on any atom is -0.481 e. The van der Waals surface area contributed by atoms with Crippen molar-refractivity contribution in [2.75, 3.05) is 5.75 Å². The number of thioether (sulfide) groups is 1. The van der Waals surface area contributed by atoms with Crippen LogP contribution in [0.15, 0.2) is 24.3 Å². The Labute approximate surface area is 135 Å². The SMILES string of the molecule is Cc1cccc(CSCC(=O)NC2(CC(=O)O)CCCC2)c1. The lowest BCUT2D eigenvalue weighted by atomic mass is 9.93. The topological polar surface area (TPSA) is 66.4 Å². The number of carbonyl (C=O) groups is 2. The van der Waals surface area contributed by atoms with Crippen LogP contribution in [0.1, 0.15) is 43.2 Å². The van der Waals surface area contributed by atoms with Gasteiger partial charge in [0.15, 0.2) is 0 Å². The number of aryl methyl sites for hydroxylation is 1. The van der Waals surface area contributed by atoms with Gasteiger partial charge < -0.3 is 10.4 Å². The first kappa shape index (κ1) is 16.9. The van der Waals surface area contributed by atoms with Crippen molar-refractivity contribution < 1.29 is 14.7 Å². The van der Waals surface area contributed by atoms with Gasteiger partial charge in [-0.25, -0.2) is 0 Å². The molecule has 1 aromatic rings. The molecular formula is C17H23NO3S. The highest BCUT2D eigenvalue weighted by atomic mass is 32.2. The van der Waals surface area contributed by atoms with Crippen LogP contribution in [0.2, 0.25) is 0 Å². The van der Waals surface area contributed by atoms with Gasteiger partial charge in [0, 0.05) is 5.75 Å². The zero-order chi connectivity index (χ0) is 16.0. The molecule has 0 unspecified atom stereocenters. The molecule has 2 rings (SSSR count). The number of carboxylic acid groups (broad SMARTS) is 1. The fraction of sp³-hybridized carbons (Fsp3) is 0.529. The Hall–Kier alpha value is -1.49. The van der Waals surface area contributed by atoms with Crippen LogP contribution in [0.5, 0.6) is 0 Å². The number of hydrogen-bond donors (Lipinski definition) is 2. The number of nitrogens with one attached hydrogen (secondary N) is 1. The fourth-order valence-corrected chi connectivity index (χ4v) is 3.86. The van der Waals surface area contributed by atoms with Gasteiger partial charge in [0.1, 0.15) is 0 Å². The van der Waals surface area contributed by atoms with E-state index >= 15 is 0 Å². The third kappa shape index (κ3) is 5.05. The Bertz CT molecular complexity index is 538. The van der Waals surface area contributed by atoms with Gasteiger partial charge in [-0.05, 0) is 25.3 Å². The van der Waals surface area contributed by atoms with Crippen LogP contribution in [-0.2, 0) is 15.3 Å². The molecule has 1 fully saturated rings. The molecule has 0 aromatic heterocycles. The summed E-state index contributed by atoms with van der Waals surface area (Å²) >= 11 is 1.56. The summed E-state index contributed by atoms with van der Waals surface area (Å²) in [5.74, 6) is 0.270. The number of hydrogen-bond acceptors (Lipinski definition) is 3. The maximum atomic E-state index is 12.1. The zero-order valence-electron chi connectivity index (χ0n) is 12.9. The molecule has 22 heavy (non-hydrogen) atoms. The van der Waals surface area contributed by atoms with Crippen molar-refractivity contribution in [2.24, 2.45) is 0 Å². The number of rotatable bonds is 7. The molecule has 0 radical (unpaired) electrons. The second-order valence-electron chi connectivity index (χ2n) is 6.09. The van der Waals surface area contributed by atoms with Crippen molar-refractivity contribution >= 4 is 23.6 Å². The summed E-state index contributed by atoms with van der Waals surface area (Å²) in [7, 11) is 0. The summed E-state index contributed by atoms with van der Waals surface area (Å²) in [6.45, 7) is 2.05. The predicted molar refractivity (Wildman–Crippen MR) is 88.9 cm³/mol. The quantitative estimate of drug-likeness (QED) is 0.810. The number of amides is 1. The Morgan fingerprint density at radius 2 is 2.05 bits per heavy atom. The standard InChI is InChI=1S/C17H23NO3S/c1-13-5-4-6-14(9-13)11-22-12-15(19)18-17(10-16(20)21)7-2-3-8-17/h4-6,9H,2-3,7-8,10-12H2,1H3,(H,18,19)(H,20,21). The molecule has 2 N–H and O–H groups in total. The predicted octanol–water partition coefficient (Wildman–Crippen LogP) is 3.13. The molecule has 5 heteroatoms. The zero-order valence-corrected chi connectivity index (χ0v) is 13.7. The average molecular weight is 321 g/mol. The molecule has 1 aliphatic rings. The van der Waals surface area contributed by atoms with Gasteiger partial charge in [-0.15, -0.1) is 11.8 Å². The van der Waals surface area contributed by atoms with Crippen LogP contribution in [0.4, 0.5) is 0 Å². The summed E-state index contributed by atoms with van der Waals surface area (Å²) in [4.78, 5) is 23.1. The molecular weight excluding hydrogens is 298 g/mol. The van der Waals surface area contributed by atoms with Gasteiger partial charge in [0.05, 0.1) is 17.7 Å². The second-order valence-corrected chi connectivity index (χ2v) is 7.07. The highest BCUT2D eigenvalue weighted by Crippen LogP contribution is 2.32. The number of aliphatic carboxylic acids is 1. The van der Waals surface area contributed by atoms with Gasteiger partial charge in [0.2, 0.25) is 5.91 Å². The molecule has 1 amide bonds. The van der Waals surface area contributed by atoms with E-state index in [1.165, 1.54) is 11.1 Å². The third-order valence-electron chi connectivity index (χ3n) is 4.04. The Kier molecular flexibility index (Phi) is 5.89. The fourth-order valence-electron chi connectivity index (χ4n) is 3.08. The van der Waals surface area contributed by atoms with Gasteiger partial charge in [0.25, 0.3) is 0 Å². The lowest BCUT2D eigenvalue weighted by Gasteiger charge is -2.28. The summed E-state index contributed by atoms with van der Waals surface area (Å²) in [6.07, 6.45) is 3.55. The van der Waals surface area contributed by atoms with Crippen molar-refractivity contribution in [2.45, 2.75) is 50.3 Å². The molecule has 120 valence electrons. The molecule has 0 spiro atoms. The van der Waals surface area contributed by atoms with E-state index in [2.05, 4.69) is 30.4 Å². The first-order valence-corrected chi connectivity index (χ1v) is 8.81.